The van der Waals surface area contributed by atoms with Crippen LogP contribution in [0.5, 0.6) is 0 Å². The molecule has 0 aliphatic heterocycles. The molecule has 138 valence electrons. The predicted molar refractivity (Wildman–Crippen MR) is 95.4 cm³/mol. The molecule has 0 bridgehead atoms. The molecule has 0 radical (unpaired) electrons. The fraction of sp³-hybridized carbons (Fsp3) is 0.278. The van der Waals surface area contributed by atoms with Gasteiger partial charge in [0.1, 0.15) is 15.7 Å². The lowest BCUT2D eigenvalue weighted by Crippen LogP contribution is -2.21. The number of ether oxygens (including phenoxy) is 1. The van der Waals surface area contributed by atoms with Crippen LogP contribution in [0.3, 0.4) is 0 Å². The van der Waals surface area contributed by atoms with E-state index in [2.05, 4.69) is 5.32 Å². The number of hydrogen-bond donors (Lipinski definition) is 2. The molecule has 1 unspecified atom stereocenters. The Morgan fingerprint density at radius 1 is 1.27 bits per heavy atom. The third kappa shape index (κ3) is 3.91. The lowest BCUT2D eigenvalue weighted by atomic mass is 9.95. The van der Waals surface area contributed by atoms with E-state index < -0.39 is 29.6 Å². The molecule has 8 heteroatoms. The van der Waals surface area contributed by atoms with E-state index in [0.717, 1.165) is 11.3 Å². The Hall–Kier alpha value is -2.74. The lowest BCUT2D eigenvalue weighted by Gasteiger charge is -2.15. The van der Waals surface area contributed by atoms with Crippen molar-refractivity contribution in [3.05, 3.63) is 51.7 Å². The molecule has 6 nitrogen and oxygen atoms in total. The van der Waals surface area contributed by atoms with Gasteiger partial charge in [-0.3, -0.25) is 4.79 Å². The Morgan fingerprint density at radius 2 is 1.88 bits per heavy atom. The predicted octanol–water partition coefficient (Wildman–Crippen LogP) is 3.81. The number of thiophene rings is 1. The van der Waals surface area contributed by atoms with E-state index in [1.165, 1.54) is 38.3 Å². The number of carbonyl (C=O) groups is 3. The molecule has 0 aliphatic carbocycles. The number of carboxylic acids is 1. The highest BCUT2D eigenvalue weighted by Gasteiger charge is 2.28. The molecule has 2 N–H and O–H groups in total. The molecule has 26 heavy (non-hydrogen) atoms. The van der Waals surface area contributed by atoms with E-state index in [1.54, 1.807) is 6.92 Å². The summed E-state index contributed by atoms with van der Waals surface area (Å²) in [4.78, 5) is 36.0. The number of halogens is 1. The fourth-order valence-electron chi connectivity index (χ4n) is 2.62. The molecule has 1 amide bonds. The minimum Gasteiger partial charge on any atom is -0.477 e. The summed E-state index contributed by atoms with van der Waals surface area (Å²) in [5.74, 6) is -3.31. The number of methoxy groups -OCH3 is 1. The number of carbonyl (C=O) groups excluding carboxylic acids is 2. The molecular formula is C18H18FNO5S. The Morgan fingerprint density at radius 3 is 2.38 bits per heavy atom. The molecule has 0 aliphatic rings. The Labute approximate surface area is 153 Å². The maximum absolute atomic E-state index is 13.1. The van der Waals surface area contributed by atoms with Gasteiger partial charge in [0.15, 0.2) is 0 Å². The number of carboxylic acid groups (broad SMARTS) is 1. The standard InChI is InChI=1S/C18H18FNO5S/c1-4-12(10-5-7-11(19)8-6-10)15(21)20-16-13(18(24)25-3)9(2)14(26-16)17(22)23/h5-8,12H,4H2,1-3H3,(H,20,21)(H,22,23). The first-order chi connectivity index (χ1) is 12.3. The van der Waals surface area contributed by atoms with Crippen molar-refractivity contribution in [1.82, 2.24) is 0 Å². The second kappa shape index (κ2) is 8.09. The van der Waals surface area contributed by atoms with Gasteiger partial charge in [-0.25, -0.2) is 14.0 Å². The van der Waals surface area contributed by atoms with Crippen molar-refractivity contribution >= 4 is 34.2 Å². The van der Waals surface area contributed by atoms with Crippen molar-refractivity contribution in [2.45, 2.75) is 26.2 Å². The molecule has 0 saturated heterocycles. The van der Waals surface area contributed by atoms with Crippen molar-refractivity contribution in [2.24, 2.45) is 0 Å². The quantitative estimate of drug-likeness (QED) is 0.745. The highest BCUT2D eigenvalue weighted by atomic mass is 32.1. The van der Waals surface area contributed by atoms with Gasteiger partial charge in [0.25, 0.3) is 0 Å². The van der Waals surface area contributed by atoms with Crippen LogP contribution in [0.15, 0.2) is 24.3 Å². The summed E-state index contributed by atoms with van der Waals surface area (Å²) < 4.78 is 17.8. The summed E-state index contributed by atoms with van der Waals surface area (Å²) >= 11 is 0.799. The van der Waals surface area contributed by atoms with Gasteiger partial charge >= 0.3 is 11.9 Å². The Bertz CT molecular complexity index is 844. The van der Waals surface area contributed by atoms with Gasteiger partial charge in [-0.05, 0) is 36.6 Å². The molecule has 0 fully saturated rings. The average Bonchev–Trinajstić information content (AvgIpc) is 2.93. The van der Waals surface area contributed by atoms with E-state index in [-0.39, 0.29) is 21.0 Å². The van der Waals surface area contributed by atoms with Crippen LogP contribution in [-0.2, 0) is 9.53 Å². The molecule has 2 rings (SSSR count). The summed E-state index contributed by atoms with van der Waals surface area (Å²) in [6.45, 7) is 3.29. The van der Waals surface area contributed by atoms with Crippen LogP contribution in [0.4, 0.5) is 9.39 Å². The summed E-state index contributed by atoms with van der Waals surface area (Å²) in [6.07, 6.45) is 0.446. The van der Waals surface area contributed by atoms with Gasteiger partial charge in [-0.2, -0.15) is 0 Å². The van der Waals surface area contributed by atoms with Crippen LogP contribution in [-0.4, -0.2) is 30.1 Å². The zero-order valence-corrected chi connectivity index (χ0v) is 15.3. The number of esters is 1. The molecular weight excluding hydrogens is 361 g/mol. The topological polar surface area (TPSA) is 92.7 Å². The van der Waals surface area contributed by atoms with Crippen molar-refractivity contribution in [2.75, 3.05) is 12.4 Å². The number of benzene rings is 1. The SMILES string of the molecule is CCC(C(=O)Nc1sc(C(=O)O)c(C)c1C(=O)OC)c1ccc(F)cc1. The number of nitrogens with one attached hydrogen (secondary N) is 1. The first-order valence-electron chi connectivity index (χ1n) is 7.81. The second-order valence-corrected chi connectivity index (χ2v) is 6.58. The van der Waals surface area contributed by atoms with E-state index >= 15 is 0 Å². The molecule has 1 heterocycles. The third-order valence-corrected chi connectivity index (χ3v) is 5.16. The maximum atomic E-state index is 13.1. The molecule has 0 spiro atoms. The summed E-state index contributed by atoms with van der Waals surface area (Å²) in [5.41, 5.74) is 0.884. The largest absolute Gasteiger partial charge is 0.477 e. The van der Waals surface area contributed by atoms with Gasteiger partial charge in [0.2, 0.25) is 5.91 Å². The first-order valence-corrected chi connectivity index (χ1v) is 8.63. The molecule has 1 aromatic heterocycles. The minimum absolute atomic E-state index is 0.0252. The maximum Gasteiger partial charge on any atom is 0.346 e. The van der Waals surface area contributed by atoms with Crippen LogP contribution in [0.2, 0.25) is 0 Å². The first kappa shape index (κ1) is 19.6. The molecule has 1 atom stereocenters. The minimum atomic E-state index is -1.19. The zero-order valence-electron chi connectivity index (χ0n) is 14.5. The third-order valence-electron chi connectivity index (χ3n) is 3.96. The van der Waals surface area contributed by atoms with E-state index in [4.69, 9.17) is 4.74 Å². The monoisotopic (exact) mass is 379 g/mol. The molecule has 1 aromatic carbocycles. The number of aromatic carboxylic acids is 1. The summed E-state index contributed by atoms with van der Waals surface area (Å²) in [6, 6.07) is 5.57. The lowest BCUT2D eigenvalue weighted by molar-refractivity contribution is -0.117. The Balaban J connectivity index is 2.38. The smallest absolute Gasteiger partial charge is 0.346 e. The Kier molecular flexibility index (Phi) is 6.10. The highest BCUT2D eigenvalue weighted by molar-refractivity contribution is 7.18. The van der Waals surface area contributed by atoms with Crippen LogP contribution < -0.4 is 5.32 Å². The number of rotatable bonds is 6. The molecule has 2 aromatic rings. The van der Waals surface area contributed by atoms with Crippen LogP contribution >= 0.6 is 11.3 Å². The summed E-state index contributed by atoms with van der Waals surface area (Å²) in [7, 11) is 1.18. The van der Waals surface area contributed by atoms with E-state index in [0.29, 0.717) is 12.0 Å². The second-order valence-electron chi connectivity index (χ2n) is 5.56. The normalized spacial score (nSPS) is 11.7. The highest BCUT2D eigenvalue weighted by Crippen LogP contribution is 2.35. The van der Waals surface area contributed by atoms with E-state index in [1.807, 2.05) is 0 Å². The number of amides is 1. The van der Waals surface area contributed by atoms with Gasteiger partial charge in [0, 0.05) is 0 Å². The van der Waals surface area contributed by atoms with Crippen molar-refractivity contribution in [3.63, 3.8) is 0 Å². The van der Waals surface area contributed by atoms with Crippen molar-refractivity contribution in [3.8, 4) is 0 Å². The number of hydrogen-bond acceptors (Lipinski definition) is 5. The zero-order chi connectivity index (χ0) is 19.4. The van der Waals surface area contributed by atoms with Gasteiger partial charge in [-0.15, -0.1) is 11.3 Å². The van der Waals surface area contributed by atoms with E-state index in [9.17, 15) is 23.9 Å². The molecule has 0 saturated carbocycles. The van der Waals surface area contributed by atoms with Crippen molar-refractivity contribution < 1.29 is 28.6 Å². The van der Waals surface area contributed by atoms with Gasteiger partial charge in [-0.1, -0.05) is 19.1 Å². The number of anilines is 1. The van der Waals surface area contributed by atoms with Gasteiger partial charge in [0.05, 0.1) is 18.6 Å². The van der Waals surface area contributed by atoms with Crippen molar-refractivity contribution in [1.29, 1.82) is 0 Å². The van der Waals surface area contributed by atoms with Gasteiger partial charge < -0.3 is 15.2 Å². The average molecular weight is 379 g/mol. The van der Waals surface area contributed by atoms with Crippen LogP contribution in [0, 0.1) is 12.7 Å². The van der Waals surface area contributed by atoms with Crippen LogP contribution in [0.1, 0.15) is 50.4 Å². The fourth-order valence-corrected chi connectivity index (χ4v) is 3.66. The van der Waals surface area contributed by atoms with Crippen LogP contribution in [0.25, 0.3) is 0 Å². The summed E-state index contributed by atoms with van der Waals surface area (Å²) in [5, 5.41) is 12.0.